The Kier molecular flexibility index (Phi) is 5.56. The molecular formula is C11H9Cl2N3O2. The van der Waals surface area contributed by atoms with Crippen molar-refractivity contribution < 1.29 is 9.53 Å². The van der Waals surface area contributed by atoms with Gasteiger partial charge in [0.25, 0.3) is 6.04 Å². The Balaban J connectivity index is 2.81. The summed E-state index contributed by atoms with van der Waals surface area (Å²) in [4.78, 5) is 11.3. The first-order valence-electron chi connectivity index (χ1n) is 5.00. The summed E-state index contributed by atoms with van der Waals surface area (Å²) in [6.07, 6.45) is 0. The normalized spacial score (nSPS) is 12.1. The molecule has 7 heteroatoms. The van der Waals surface area contributed by atoms with Crippen LogP contribution in [0.5, 0.6) is 0 Å². The van der Waals surface area contributed by atoms with E-state index in [9.17, 15) is 4.79 Å². The second-order valence-corrected chi connectivity index (χ2v) is 3.91. The average molecular weight is 286 g/mol. The molecular weight excluding hydrogens is 277 g/mol. The molecule has 1 rings (SSSR count). The summed E-state index contributed by atoms with van der Waals surface area (Å²) < 4.78 is 4.66. The number of hydrogen-bond acceptors (Lipinski definition) is 5. The topological polar surface area (TPSA) is 74.8 Å². The summed E-state index contributed by atoms with van der Waals surface area (Å²) in [5.74, 6) is -0.733. The molecule has 0 heterocycles. The lowest BCUT2D eigenvalue weighted by atomic mass is 10.3. The molecule has 0 bridgehead atoms. The Hall–Kier alpha value is -1.64. The maximum Gasteiger partial charge on any atom is 0.347 e. The molecule has 0 spiro atoms. The van der Waals surface area contributed by atoms with E-state index in [2.05, 4.69) is 15.0 Å². The van der Waals surface area contributed by atoms with Gasteiger partial charge in [-0.1, -0.05) is 23.2 Å². The molecule has 0 radical (unpaired) electrons. The first kappa shape index (κ1) is 14.4. The lowest BCUT2D eigenvalue weighted by molar-refractivity contribution is -0.143. The Morgan fingerprint density at radius 3 is 2.78 bits per heavy atom. The van der Waals surface area contributed by atoms with Crippen molar-refractivity contribution in [2.75, 3.05) is 6.61 Å². The van der Waals surface area contributed by atoms with Gasteiger partial charge in [0, 0.05) is 0 Å². The lowest BCUT2D eigenvalue weighted by Crippen LogP contribution is -2.19. The zero-order valence-electron chi connectivity index (χ0n) is 9.43. The monoisotopic (exact) mass is 285 g/mol. The predicted octanol–water partition coefficient (Wildman–Crippen LogP) is 3.53. The Bertz CT molecular complexity index is 512. The third kappa shape index (κ3) is 3.99. The van der Waals surface area contributed by atoms with E-state index in [-0.39, 0.29) is 6.61 Å². The largest absolute Gasteiger partial charge is 0.464 e. The van der Waals surface area contributed by atoms with Crippen LogP contribution in [0, 0.1) is 11.3 Å². The van der Waals surface area contributed by atoms with E-state index < -0.39 is 12.0 Å². The fourth-order valence-electron chi connectivity index (χ4n) is 1.02. The fourth-order valence-corrected chi connectivity index (χ4v) is 1.31. The number of azo groups is 1. The number of nitrogens with zero attached hydrogens (tertiary/aromatic N) is 3. The number of rotatable bonds is 4. The lowest BCUT2D eigenvalue weighted by Gasteiger charge is -2.02. The number of carbonyl (C=O) groups excluding carboxylic acids is 1. The van der Waals surface area contributed by atoms with Crippen molar-refractivity contribution in [1.29, 1.82) is 5.26 Å². The van der Waals surface area contributed by atoms with E-state index >= 15 is 0 Å². The molecule has 0 N–H and O–H groups in total. The minimum atomic E-state index is -1.28. The van der Waals surface area contributed by atoms with Gasteiger partial charge in [-0.25, -0.2) is 4.79 Å². The third-order valence-electron chi connectivity index (χ3n) is 1.82. The molecule has 0 aliphatic carbocycles. The molecule has 0 amide bonds. The summed E-state index contributed by atoms with van der Waals surface area (Å²) in [6, 6.07) is 5.00. The van der Waals surface area contributed by atoms with Crippen LogP contribution < -0.4 is 0 Å². The first-order valence-corrected chi connectivity index (χ1v) is 5.76. The minimum Gasteiger partial charge on any atom is -0.464 e. The Labute approximate surface area is 114 Å². The molecule has 5 nitrogen and oxygen atoms in total. The van der Waals surface area contributed by atoms with E-state index in [0.717, 1.165) is 0 Å². The van der Waals surface area contributed by atoms with Gasteiger partial charge in [0.1, 0.15) is 6.07 Å². The van der Waals surface area contributed by atoms with Crippen molar-refractivity contribution in [2.24, 2.45) is 10.2 Å². The number of benzene rings is 1. The Morgan fingerprint density at radius 2 is 2.22 bits per heavy atom. The van der Waals surface area contributed by atoms with Crippen LogP contribution in [-0.2, 0) is 9.53 Å². The van der Waals surface area contributed by atoms with Crippen LogP contribution in [0.25, 0.3) is 0 Å². The molecule has 0 saturated carbocycles. The van der Waals surface area contributed by atoms with Gasteiger partial charge >= 0.3 is 5.97 Å². The van der Waals surface area contributed by atoms with Crippen molar-refractivity contribution in [1.82, 2.24) is 0 Å². The van der Waals surface area contributed by atoms with E-state index in [1.54, 1.807) is 25.1 Å². The summed E-state index contributed by atoms with van der Waals surface area (Å²) in [5, 5.41) is 16.8. The number of nitriles is 1. The van der Waals surface area contributed by atoms with Gasteiger partial charge in [-0.3, -0.25) is 0 Å². The number of carbonyl (C=O) groups is 1. The molecule has 0 aromatic heterocycles. The second kappa shape index (κ2) is 6.94. The average Bonchev–Trinajstić information content (AvgIpc) is 2.34. The van der Waals surface area contributed by atoms with Gasteiger partial charge in [0.15, 0.2) is 0 Å². The summed E-state index contributed by atoms with van der Waals surface area (Å²) in [5.41, 5.74) is 0.397. The quantitative estimate of drug-likeness (QED) is 0.627. The summed E-state index contributed by atoms with van der Waals surface area (Å²) in [7, 11) is 0. The van der Waals surface area contributed by atoms with Gasteiger partial charge in [-0.2, -0.15) is 15.5 Å². The molecule has 1 aromatic rings. The molecule has 0 fully saturated rings. The van der Waals surface area contributed by atoms with Crippen LogP contribution in [0.2, 0.25) is 10.0 Å². The van der Waals surface area contributed by atoms with E-state index in [4.69, 9.17) is 28.5 Å². The molecule has 1 aromatic carbocycles. The van der Waals surface area contributed by atoms with Crippen molar-refractivity contribution in [3.8, 4) is 6.07 Å². The molecule has 0 aliphatic rings. The molecule has 1 atom stereocenters. The maximum absolute atomic E-state index is 11.3. The molecule has 0 aliphatic heterocycles. The molecule has 1 unspecified atom stereocenters. The van der Waals surface area contributed by atoms with E-state index in [0.29, 0.717) is 15.7 Å². The molecule has 0 saturated heterocycles. The van der Waals surface area contributed by atoms with Gasteiger partial charge in [0.05, 0.1) is 22.3 Å². The van der Waals surface area contributed by atoms with Crippen LogP contribution in [0.15, 0.2) is 28.4 Å². The van der Waals surface area contributed by atoms with Gasteiger partial charge < -0.3 is 4.74 Å². The number of halogens is 2. The highest BCUT2D eigenvalue weighted by atomic mass is 35.5. The minimum absolute atomic E-state index is 0.180. The zero-order valence-corrected chi connectivity index (χ0v) is 10.9. The fraction of sp³-hybridized carbons (Fsp3) is 0.273. The van der Waals surface area contributed by atoms with Crippen LogP contribution in [0.3, 0.4) is 0 Å². The predicted molar refractivity (Wildman–Crippen MR) is 67.0 cm³/mol. The molecule has 18 heavy (non-hydrogen) atoms. The number of hydrogen-bond donors (Lipinski definition) is 0. The van der Waals surface area contributed by atoms with E-state index in [1.807, 2.05) is 0 Å². The van der Waals surface area contributed by atoms with Crippen LogP contribution >= 0.6 is 23.2 Å². The van der Waals surface area contributed by atoms with Gasteiger partial charge in [-0.15, -0.1) is 0 Å². The molecule has 94 valence electrons. The van der Waals surface area contributed by atoms with Gasteiger partial charge in [0.2, 0.25) is 0 Å². The number of esters is 1. The zero-order chi connectivity index (χ0) is 13.5. The maximum atomic E-state index is 11.3. The first-order chi connectivity index (χ1) is 8.58. The van der Waals surface area contributed by atoms with Crippen LogP contribution in [0.1, 0.15) is 6.92 Å². The summed E-state index contributed by atoms with van der Waals surface area (Å²) >= 11 is 11.5. The van der Waals surface area contributed by atoms with Crippen molar-refractivity contribution in [3.63, 3.8) is 0 Å². The second-order valence-electron chi connectivity index (χ2n) is 3.10. The highest BCUT2D eigenvalue weighted by Gasteiger charge is 2.17. The van der Waals surface area contributed by atoms with Crippen molar-refractivity contribution in [3.05, 3.63) is 28.2 Å². The standard InChI is InChI=1S/C11H9Cl2N3O2/c1-2-18-11(17)10(6-14)16-15-7-3-4-8(12)9(13)5-7/h3-5,10H,2H2,1H3. The van der Waals surface area contributed by atoms with Crippen molar-refractivity contribution >= 4 is 34.9 Å². The van der Waals surface area contributed by atoms with E-state index in [1.165, 1.54) is 6.07 Å². The smallest absolute Gasteiger partial charge is 0.347 e. The highest BCUT2D eigenvalue weighted by molar-refractivity contribution is 6.42. The van der Waals surface area contributed by atoms with Gasteiger partial charge in [-0.05, 0) is 25.1 Å². The number of ether oxygens (including phenoxy) is 1. The van der Waals surface area contributed by atoms with Crippen molar-refractivity contribution in [2.45, 2.75) is 13.0 Å². The SMILES string of the molecule is CCOC(=O)C(C#N)N=Nc1ccc(Cl)c(Cl)c1. The third-order valence-corrected chi connectivity index (χ3v) is 2.56. The van der Waals surface area contributed by atoms with Crippen LogP contribution in [0.4, 0.5) is 5.69 Å². The highest BCUT2D eigenvalue weighted by Crippen LogP contribution is 2.26. The summed E-state index contributed by atoms with van der Waals surface area (Å²) in [6.45, 7) is 1.82. The van der Waals surface area contributed by atoms with Crippen LogP contribution in [-0.4, -0.2) is 18.6 Å². The Morgan fingerprint density at radius 1 is 1.50 bits per heavy atom.